The predicted molar refractivity (Wildman–Crippen MR) is 68.8 cm³/mol. The van der Waals surface area contributed by atoms with E-state index < -0.39 is 0 Å². The summed E-state index contributed by atoms with van der Waals surface area (Å²) in [6, 6.07) is 0. The van der Waals surface area contributed by atoms with Crippen LogP contribution in [-0.2, 0) is 13.0 Å². The van der Waals surface area contributed by atoms with Crippen molar-refractivity contribution in [1.82, 2.24) is 20.5 Å². The summed E-state index contributed by atoms with van der Waals surface area (Å²) in [4.78, 5) is 17.6. The Morgan fingerprint density at radius 2 is 2.44 bits per heavy atom. The molecule has 2 aromatic rings. The Morgan fingerprint density at radius 3 is 3.17 bits per heavy atom. The standard InChI is InChI=1S/C11H13N5OS/c1-6-7(4-13-16-6)10(17)15-11-14-8-2-3-12-5-9(8)18-11/h4,12H,2-3,5H2,1H3,(H,13,16)(H,14,15,17). The van der Waals surface area contributed by atoms with E-state index in [0.717, 1.165) is 30.9 Å². The molecule has 0 radical (unpaired) electrons. The number of amides is 1. The molecule has 0 saturated carbocycles. The van der Waals surface area contributed by atoms with E-state index in [1.54, 1.807) is 0 Å². The molecule has 0 aromatic carbocycles. The van der Waals surface area contributed by atoms with E-state index in [1.165, 1.54) is 22.4 Å². The molecule has 94 valence electrons. The molecule has 1 aliphatic heterocycles. The first kappa shape index (κ1) is 11.4. The Kier molecular flexibility index (Phi) is 2.85. The molecule has 6 nitrogen and oxygen atoms in total. The Hall–Kier alpha value is -1.73. The number of fused-ring (bicyclic) bond motifs is 1. The number of H-pyrrole nitrogens is 1. The van der Waals surface area contributed by atoms with Gasteiger partial charge in [-0.15, -0.1) is 11.3 Å². The van der Waals surface area contributed by atoms with Gasteiger partial charge in [0.1, 0.15) is 0 Å². The number of aromatic nitrogens is 3. The molecule has 1 aliphatic rings. The quantitative estimate of drug-likeness (QED) is 0.757. The lowest BCUT2D eigenvalue weighted by Gasteiger charge is -2.09. The van der Waals surface area contributed by atoms with E-state index in [1.807, 2.05) is 6.92 Å². The summed E-state index contributed by atoms with van der Waals surface area (Å²) >= 11 is 1.53. The summed E-state index contributed by atoms with van der Waals surface area (Å²) in [6.07, 6.45) is 2.45. The van der Waals surface area contributed by atoms with E-state index in [2.05, 4.69) is 25.8 Å². The maximum absolute atomic E-state index is 12.0. The SMILES string of the molecule is Cc1[nH]ncc1C(=O)Nc1nc2c(s1)CNCC2. The van der Waals surface area contributed by atoms with Gasteiger partial charge in [-0.1, -0.05) is 0 Å². The van der Waals surface area contributed by atoms with E-state index in [0.29, 0.717) is 10.7 Å². The highest BCUT2D eigenvalue weighted by molar-refractivity contribution is 7.15. The molecule has 0 atom stereocenters. The number of aryl methyl sites for hydroxylation is 1. The summed E-state index contributed by atoms with van der Waals surface area (Å²) < 4.78 is 0. The number of carbonyl (C=O) groups is 1. The van der Waals surface area contributed by atoms with Gasteiger partial charge in [0, 0.05) is 30.1 Å². The van der Waals surface area contributed by atoms with Crippen molar-refractivity contribution >= 4 is 22.4 Å². The van der Waals surface area contributed by atoms with Crippen LogP contribution < -0.4 is 10.6 Å². The fourth-order valence-corrected chi connectivity index (χ4v) is 2.90. The van der Waals surface area contributed by atoms with Crippen molar-refractivity contribution in [2.45, 2.75) is 19.9 Å². The van der Waals surface area contributed by atoms with Crippen LogP contribution in [0.1, 0.15) is 26.6 Å². The molecule has 18 heavy (non-hydrogen) atoms. The van der Waals surface area contributed by atoms with Gasteiger partial charge in [-0.3, -0.25) is 15.2 Å². The van der Waals surface area contributed by atoms with Gasteiger partial charge >= 0.3 is 0 Å². The molecule has 0 unspecified atom stereocenters. The monoisotopic (exact) mass is 263 g/mol. The van der Waals surface area contributed by atoms with E-state index >= 15 is 0 Å². The lowest BCUT2D eigenvalue weighted by atomic mass is 10.2. The van der Waals surface area contributed by atoms with Gasteiger partial charge in [-0.2, -0.15) is 5.10 Å². The number of aromatic amines is 1. The summed E-state index contributed by atoms with van der Waals surface area (Å²) in [6.45, 7) is 3.61. The van der Waals surface area contributed by atoms with Crippen LogP contribution in [0.25, 0.3) is 0 Å². The van der Waals surface area contributed by atoms with Gasteiger partial charge < -0.3 is 5.32 Å². The average molecular weight is 263 g/mol. The first-order chi connectivity index (χ1) is 8.74. The van der Waals surface area contributed by atoms with Gasteiger partial charge in [0.25, 0.3) is 5.91 Å². The number of nitrogens with zero attached hydrogens (tertiary/aromatic N) is 2. The van der Waals surface area contributed by atoms with E-state index in [9.17, 15) is 4.79 Å². The average Bonchev–Trinajstić information content (AvgIpc) is 2.94. The van der Waals surface area contributed by atoms with Crippen LogP contribution in [0, 0.1) is 6.92 Å². The largest absolute Gasteiger partial charge is 0.311 e. The second-order valence-corrected chi connectivity index (χ2v) is 5.26. The molecule has 0 fully saturated rings. The van der Waals surface area contributed by atoms with Crippen molar-refractivity contribution in [2.24, 2.45) is 0 Å². The molecule has 0 saturated heterocycles. The maximum atomic E-state index is 12.0. The van der Waals surface area contributed by atoms with Crippen LogP contribution in [0.2, 0.25) is 0 Å². The first-order valence-corrected chi connectivity index (χ1v) is 6.56. The second kappa shape index (κ2) is 4.51. The van der Waals surface area contributed by atoms with E-state index in [4.69, 9.17) is 0 Å². The lowest BCUT2D eigenvalue weighted by molar-refractivity contribution is 0.102. The van der Waals surface area contributed by atoms with Gasteiger partial charge in [-0.05, 0) is 6.92 Å². The summed E-state index contributed by atoms with van der Waals surface area (Å²) in [5.74, 6) is -0.166. The molecule has 7 heteroatoms. The molecule has 2 aromatic heterocycles. The first-order valence-electron chi connectivity index (χ1n) is 5.74. The van der Waals surface area contributed by atoms with Crippen molar-refractivity contribution in [2.75, 3.05) is 11.9 Å². The van der Waals surface area contributed by atoms with Crippen LogP contribution >= 0.6 is 11.3 Å². The zero-order chi connectivity index (χ0) is 12.5. The number of anilines is 1. The maximum Gasteiger partial charge on any atom is 0.260 e. The molecule has 0 aliphatic carbocycles. The highest BCUT2D eigenvalue weighted by Crippen LogP contribution is 2.25. The van der Waals surface area contributed by atoms with Crippen LogP contribution in [-0.4, -0.2) is 27.6 Å². The van der Waals surface area contributed by atoms with Crippen molar-refractivity contribution in [3.05, 3.63) is 28.0 Å². The Bertz CT molecular complexity index is 565. The van der Waals surface area contributed by atoms with Gasteiger partial charge in [0.05, 0.1) is 17.5 Å². The van der Waals surface area contributed by atoms with E-state index in [-0.39, 0.29) is 5.91 Å². The Labute approximate surface area is 108 Å². The number of rotatable bonds is 2. The smallest absolute Gasteiger partial charge is 0.260 e. The van der Waals surface area contributed by atoms with Crippen molar-refractivity contribution in [3.8, 4) is 0 Å². The number of thiazole rings is 1. The summed E-state index contributed by atoms with van der Waals surface area (Å²) in [5.41, 5.74) is 2.41. The molecule has 3 heterocycles. The summed E-state index contributed by atoms with van der Waals surface area (Å²) in [7, 11) is 0. The number of hydrogen-bond acceptors (Lipinski definition) is 5. The topological polar surface area (TPSA) is 82.7 Å². The lowest BCUT2D eigenvalue weighted by Crippen LogP contribution is -2.22. The third kappa shape index (κ3) is 2.02. The minimum Gasteiger partial charge on any atom is -0.311 e. The Balaban J connectivity index is 1.79. The summed E-state index contributed by atoms with van der Waals surface area (Å²) in [5, 5.41) is 13.4. The van der Waals surface area contributed by atoms with Crippen LogP contribution in [0.4, 0.5) is 5.13 Å². The van der Waals surface area contributed by atoms with Crippen LogP contribution in [0.3, 0.4) is 0 Å². The third-order valence-corrected chi connectivity index (χ3v) is 3.91. The Morgan fingerprint density at radius 1 is 1.56 bits per heavy atom. The van der Waals surface area contributed by atoms with Crippen LogP contribution in [0.5, 0.6) is 0 Å². The van der Waals surface area contributed by atoms with Crippen molar-refractivity contribution < 1.29 is 4.79 Å². The van der Waals surface area contributed by atoms with Gasteiger partial charge in [0.2, 0.25) is 0 Å². The predicted octanol–water partition coefficient (Wildman–Crippen LogP) is 1.07. The second-order valence-electron chi connectivity index (χ2n) is 4.18. The highest BCUT2D eigenvalue weighted by Gasteiger charge is 2.17. The van der Waals surface area contributed by atoms with Gasteiger partial charge in [-0.25, -0.2) is 4.98 Å². The number of nitrogens with one attached hydrogen (secondary N) is 3. The fraction of sp³-hybridized carbons (Fsp3) is 0.364. The minimum absolute atomic E-state index is 0.166. The molecule has 3 N–H and O–H groups in total. The zero-order valence-electron chi connectivity index (χ0n) is 9.91. The molecule has 0 bridgehead atoms. The molecular formula is C11H13N5OS. The molecule has 3 rings (SSSR count). The minimum atomic E-state index is -0.166. The molecule has 0 spiro atoms. The molecule has 1 amide bonds. The zero-order valence-corrected chi connectivity index (χ0v) is 10.7. The number of carbonyl (C=O) groups excluding carboxylic acids is 1. The van der Waals surface area contributed by atoms with Crippen molar-refractivity contribution in [1.29, 1.82) is 0 Å². The number of hydrogen-bond donors (Lipinski definition) is 3. The third-order valence-electron chi connectivity index (χ3n) is 2.90. The van der Waals surface area contributed by atoms with Gasteiger partial charge in [0.15, 0.2) is 5.13 Å². The normalized spacial score (nSPS) is 14.3. The van der Waals surface area contributed by atoms with Crippen molar-refractivity contribution in [3.63, 3.8) is 0 Å². The highest BCUT2D eigenvalue weighted by atomic mass is 32.1. The molecular weight excluding hydrogens is 250 g/mol. The fourth-order valence-electron chi connectivity index (χ4n) is 1.92. The van der Waals surface area contributed by atoms with Crippen LogP contribution in [0.15, 0.2) is 6.20 Å².